The highest BCUT2D eigenvalue weighted by molar-refractivity contribution is 9.10. The number of rotatable bonds is 3. The standard InChI is InChI=1S/C17H15BrClNO2/c1-11(22-16-7-6-13(19)10-14(16)18)17(21)20-9-8-12-4-2-3-5-15(12)20/h2-7,10-11H,8-9H2,1H3/t11-/m1/s1. The van der Waals surface area contributed by atoms with E-state index in [0.717, 1.165) is 16.6 Å². The topological polar surface area (TPSA) is 29.5 Å². The van der Waals surface area contributed by atoms with Gasteiger partial charge in [0.25, 0.3) is 5.91 Å². The minimum absolute atomic E-state index is 0.0354. The number of benzene rings is 2. The van der Waals surface area contributed by atoms with E-state index in [1.807, 2.05) is 18.2 Å². The second-order valence-corrected chi connectivity index (χ2v) is 6.49. The molecule has 1 aliphatic rings. The van der Waals surface area contributed by atoms with Crippen molar-refractivity contribution in [3.8, 4) is 5.75 Å². The van der Waals surface area contributed by atoms with E-state index in [-0.39, 0.29) is 5.91 Å². The Bertz CT molecular complexity index is 720. The third-order valence-electron chi connectivity index (χ3n) is 3.70. The van der Waals surface area contributed by atoms with Gasteiger partial charge in [-0.3, -0.25) is 4.79 Å². The SMILES string of the molecule is C[C@@H](Oc1ccc(Cl)cc1Br)C(=O)N1CCc2ccccc21. The Morgan fingerprint density at radius 2 is 2.09 bits per heavy atom. The summed E-state index contributed by atoms with van der Waals surface area (Å²) in [6.45, 7) is 2.47. The van der Waals surface area contributed by atoms with Gasteiger partial charge in [-0.2, -0.15) is 0 Å². The molecule has 114 valence electrons. The monoisotopic (exact) mass is 379 g/mol. The van der Waals surface area contributed by atoms with Crippen LogP contribution in [0.5, 0.6) is 5.75 Å². The lowest BCUT2D eigenvalue weighted by molar-refractivity contribution is -0.124. The van der Waals surface area contributed by atoms with Gasteiger partial charge in [0, 0.05) is 17.3 Å². The van der Waals surface area contributed by atoms with Crippen LogP contribution >= 0.6 is 27.5 Å². The summed E-state index contributed by atoms with van der Waals surface area (Å²) in [5.74, 6) is 0.574. The highest BCUT2D eigenvalue weighted by atomic mass is 79.9. The molecule has 1 atom stereocenters. The molecule has 0 bridgehead atoms. The molecule has 0 unspecified atom stereocenters. The molecule has 1 amide bonds. The molecule has 0 N–H and O–H groups in total. The number of anilines is 1. The molecule has 0 saturated heterocycles. The van der Waals surface area contributed by atoms with Crippen LogP contribution in [0.2, 0.25) is 5.02 Å². The Morgan fingerprint density at radius 3 is 2.86 bits per heavy atom. The molecule has 3 rings (SSSR count). The largest absolute Gasteiger partial charge is 0.480 e. The second kappa shape index (κ2) is 6.31. The number of hydrogen-bond donors (Lipinski definition) is 0. The molecule has 0 saturated carbocycles. The maximum Gasteiger partial charge on any atom is 0.267 e. The number of hydrogen-bond acceptors (Lipinski definition) is 2. The first-order chi connectivity index (χ1) is 10.6. The summed E-state index contributed by atoms with van der Waals surface area (Å²) in [6.07, 6.45) is 0.322. The van der Waals surface area contributed by atoms with E-state index in [0.29, 0.717) is 17.3 Å². The molecule has 5 heteroatoms. The fourth-order valence-corrected chi connectivity index (χ4v) is 3.37. The molecule has 2 aromatic rings. The average molecular weight is 381 g/mol. The molecular formula is C17H15BrClNO2. The van der Waals surface area contributed by atoms with E-state index in [1.165, 1.54) is 5.56 Å². The normalized spacial score (nSPS) is 14.6. The summed E-state index contributed by atoms with van der Waals surface area (Å²) in [5.41, 5.74) is 2.19. The van der Waals surface area contributed by atoms with E-state index in [4.69, 9.17) is 16.3 Å². The van der Waals surface area contributed by atoms with Crippen molar-refractivity contribution in [1.29, 1.82) is 0 Å². The van der Waals surface area contributed by atoms with Gasteiger partial charge in [0.15, 0.2) is 6.10 Å². The number of carbonyl (C=O) groups is 1. The summed E-state index contributed by atoms with van der Waals surface area (Å²) in [5, 5.41) is 0.617. The number of halogens is 2. The van der Waals surface area contributed by atoms with Crippen molar-refractivity contribution in [1.82, 2.24) is 0 Å². The second-order valence-electron chi connectivity index (χ2n) is 5.20. The Labute approximate surface area is 143 Å². The molecule has 0 radical (unpaired) electrons. The minimum Gasteiger partial charge on any atom is -0.480 e. The van der Waals surface area contributed by atoms with Gasteiger partial charge in [-0.1, -0.05) is 29.8 Å². The van der Waals surface area contributed by atoms with Gasteiger partial charge >= 0.3 is 0 Å². The van der Waals surface area contributed by atoms with E-state index >= 15 is 0 Å². The molecule has 22 heavy (non-hydrogen) atoms. The van der Waals surface area contributed by atoms with Crippen LogP contribution in [-0.4, -0.2) is 18.6 Å². The lowest BCUT2D eigenvalue weighted by atomic mass is 10.2. The quantitative estimate of drug-likeness (QED) is 0.787. The van der Waals surface area contributed by atoms with Crippen LogP contribution < -0.4 is 9.64 Å². The first-order valence-corrected chi connectivity index (χ1v) is 8.24. The van der Waals surface area contributed by atoms with Crippen LogP contribution in [0.4, 0.5) is 5.69 Å². The van der Waals surface area contributed by atoms with Gasteiger partial charge < -0.3 is 9.64 Å². The van der Waals surface area contributed by atoms with Crippen LogP contribution in [0.3, 0.4) is 0 Å². The Kier molecular flexibility index (Phi) is 4.41. The van der Waals surface area contributed by atoms with Gasteiger partial charge in [-0.25, -0.2) is 0 Å². The van der Waals surface area contributed by atoms with Gasteiger partial charge in [0.05, 0.1) is 4.47 Å². The zero-order chi connectivity index (χ0) is 15.7. The van der Waals surface area contributed by atoms with E-state index in [9.17, 15) is 4.79 Å². The Hall–Kier alpha value is -1.52. The number of nitrogens with zero attached hydrogens (tertiary/aromatic N) is 1. The molecule has 1 aliphatic heterocycles. The fourth-order valence-electron chi connectivity index (χ4n) is 2.60. The number of amides is 1. The summed E-state index contributed by atoms with van der Waals surface area (Å²) in [6, 6.07) is 13.2. The lowest BCUT2D eigenvalue weighted by Crippen LogP contribution is -2.39. The first kappa shape index (κ1) is 15.4. The molecular weight excluding hydrogens is 366 g/mol. The van der Waals surface area contributed by atoms with Crippen LogP contribution in [0.1, 0.15) is 12.5 Å². The summed E-state index contributed by atoms with van der Waals surface area (Å²) < 4.78 is 6.53. The van der Waals surface area contributed by atoms with Crippen LogP contribution in [-0.2, 0) is 11.2 Å². The maximum atomic E-state index is 12.7. The molecule has 0 aliphatic carbocycles. The zero-order valence-electron chi connectivity index (χ0n) is 12.1. The Morgan fingerprint density at radius 1 is 1.32 bits per heavy atom. The first-order valence-electron chi connectivity index (χ1n) is 7.07. The molecule has 0 spiro atoms. The van der Waals surface area contributed by atoms with Gasteiger partial charge in [-0.15, -0.1) is 0 Å². The van der Waals surface area contributed by atoms with E-state index < -0.39 is 6.10 Å². The van der Waals surface area contributed by atoms with Crippen LogP contribution in [0, 0.1) is 0 Å². The molecule has 0 fully saturated rings. The minimum atomic E-state index is -0.566. The Balaban J connectivity index is 1.76. The highest BCUT2D eigenvalue weighted by Crippen LogP contribution is 2.31. The molecule has 2 aromatic carbocycles. The zero-order valence-corrected chi connectivity index (χ0v) is 14.4. The van der Waals surface area contributed by atoms with Crippen molar-refractivity contribution >= 4 is 39.1 Å². The third kappa shape index (κ3) is 2.99. The number of para-hydroxylation sites is 1. The maximum absolute atomic E-state index is 12.7. The van der Waals surface area contributed by atoms with Crippen LogP contribution in [0.25, 0.3) is 0 Å². The van der Waals surface area contributed by atoms with Crippen molar-refractivity contribution < 1.29 is 9.53 Å². The summed E-state index contributed by atoms with van der Waals surface area (Å²) >= 11 is 9.31. The molecule has 3 nitrogen and oxygen atoms in total. The number of carbonyl (C=O) groups excluding carboxylic acids is 1. The van der Waals surface area contributed by atoms with Crippen molar-refractivity contribution in [2.45, 2.75) is 19.4 Å². The van der Waals surface area contributed by atoms with E-state index in [2.05, 4.69) is 22.0 Å². The average Bonchev–Trinajstić information content (AvgIpc) is 2.93. The molecule has 0 aromatic heterocycles. The lowest BCUT2D eigenvalue weighted by Gasteiger charge is -2.22. The predicted molar refractivity (Wildman–Crippen MR) is 91.7 cm³/mol. The fraction of sp³-hybridized carbons (Fsp3) is 0.235. The highest BCUT2D eigenvalue weighted by Gasteiger charge is 2.29. The van der Waals surface area contributed by atoms with Gasteiger partial charge in [0.2, 0.25) is 0 Å². The third-order valence-corrected chi connectivity index (χ3v) is 4.55. The van der Waals surface area contributed by atoms with Gasteiger partial charge in [0.1, 0.15) is 5.75 Å². The summed E-state index contributed by atoms with van der Waals surface area (Å²) in [4.78, 5) is 14.4. The van der Waals surface area contributed by atoms with Crippen molar-refractivity contribution in [3.63, 3.8) is 0 Å². The van der Waals surface area contributed by atoms with Crippen LogP contribution in [0.15, 0.2) is 46.9 Å². The van der Waals surface area contributed by atoms with Crippen molar-refractivity contribution in [2.24, 2.45) is 0 Å². The smallest absolute Gasteiger partial charge is 0.267 e. The van der Waals surface area contributed by atoms with E-state index in [1.54, 1.807) is 30.0 Å². The number of fused-ring (bicyclic) bond motifs is 1. The number of ether oxygens (including phenoxy) is 1. The predicted octanol–water partition coefficient (Wildman–Crippen LogP) is 4.46. The van der Waals surface area contributed by atoms with Crippen molar-refractivity contribution in [3.05, 3.63) is 57.5 Å². The summed E-state index contributed by atoms with van der Waals surface area (Å²) in [7, 11) is 0. The molecule has 1 heterocycles. The van der Waals surface area contributed by atoms with Crippen molar-refractivity contribution in [2.75, 3.05) is 11.4 Å². The van der Waals surface area contributed by atoms with Gasteiger partial charge in [-0.05, 0) is 59.1 Å².